The van der Waals surface area contributed by atoms with Crippen molar-refractivity contribution in [2.75, 3.05) is 13.6 Å². The number of carbonyl (C=O) groups excluding carboxylic acids is 2. The van der Waals surface area contributed by atoms with Gasteiger partial charge in [-0.25, -0.2) is 0 Å². The molecular formula is C12H15BrN2O2. The smallest absolute Gasteiger partial charge is 0.311 e. The summed E-state index contributed by atoms with van der Waals surface area (Å²) in [5, 5.41) is 0. The molecule has 2 amide bonds. The highest BCUT2D eigenvalue weighted by Crippen LogP contribution is 2.16. The zero-order chi connectivity index (χ0) is 13.0. The number of likely N-dealkylation sites (N-methyl/N-ethyl adjacent to an activating group) is 1. The summed E-state index contributed by atoms with van der Waals surface area (Å²) in [4.78, 5) is 23.3. The fraction of sp³-hybridized carbons (Fsp3) is 0.333. The highest BCUT2D eigenvalue weighted by molar-refractivity contribution is 9.10. The molecule has 0 atom stereocenters. The van der Waals surface area contributed by atoms with Crippen LogP contribution in [0.4, 0.5) is 0 Å². The molecule has 1 aromatic carbocycles. The summed E-state index contributed by atoms with van der Waals surface area (Å²) in [6.07, 6.45) is 0.695. The van der Waals surface area contributed by atoms with Gasteiger partial charge in [-0.3, -0.25) is 9.59 Å². The molecule has 0 radical (unpaired) electrons. The minimum absolute atomic E-state index is 0.471. The lowest BCUT2D eigenvalue weighted by molar-refractivity contribution is -0.143. The van der Waals surface area contributed by atoms with Crippen molar-refractivity contribution in [2.24, 2.45) is 5.73 Å². The topological polar surface area (TPSA) is 63.4 Å². The Morgan fingerprint density at radius 3 is 2.65 bits per heavy atom. The van der Waals surface area contributed by atoms with Crippen LogP contribution in [0.25, 0.3) is 0 Å². The Labute approximate surface area is 109 Å². The molecule has 2 N–H and O–H groups in total. The van der Waals surface area contributed by atoms with Crippen molar-refractivity contribution < 1.29 is 9.59 Å². The highest BCUT2D eigenvalue weighted by Gasteiger charge is 2.14. The standard InChI is InChI=1S/C12H15BrN2O2/c1-8-3-4-10(13)7-9(8)5-6-15(2)12(17)11(14)16/h3-4,7H,5-6H2,1-2H3,(H2,14,16). The van der Waals surface area contributed by atoms with Crippen LogP contribution in [-0.2, 0) is 16.0 Å². The first-order valence-electron chi connectivity index (χ1n) is 5.21. The van der Waals surface area contributed by atoms with Crippen LogP contribution in [0.2, 0.25) is 0 Å². The van der Waals surface area contributed by atoms with Crippen LogP contribution in [0.3, 0.4) is 0 Å². The molecule has 1 aromatic rings. The minimum atomic E-state index is -0.918. The van der Waals surface area contributed by atoms with Gasteiger partial charge in [-0.2, -0.15) is 0 Å². The molecule has 0 bridgehead atoms. The number of nitrogens with two attached hydrogens (primary N) is 1. The van der Waals surface area contributed by atoms with Crippen LogP contribution in [0, 0.1) is 6.92 Å². The van der Waals surface area contributed by atoms with Gasteiger partial charge in [0.1, 0.15) is 0 Å². The molecule has 5 heteroatoms. The van der Waals surface area contributed by atoms with E-state index >= 15 is 0 Å². The van der Waals surface area contributed by atoms with Gasteiger partial charge in [0.05, 0.1) is 0 Å². The van der Waals surface area contributed by atoms with E-state index in [4.69, 9.17) is 5.73 Å². The summed E-state index contributed by atoms with van der Waals surface area (Å²) in [6.45, 7) is 2.48. The maximum absolute atomic E-state index is 11.3. The minimum Gasteiger partial charge on any atom is -0.361 e. The molecule has 0 heterocycles. The Bertz CT molecular complexity index is 446. The largest absolute Gasteiger partial charge is 0.361 e. The van der Waals surface area contributed by atoms with Crippen molar-refractivity contribution in [1.29, 1.82) is 0 Å². The zero-order valence-electron chi connectivity index (χ0n) is 9.87. The molecule has 0 aliphatic rings. The van der Waals surface area contributed by atoms with E-state index in [9.17, 15) is 9.59 Å². The molecule has 17 heavy (non-hydrogen) atoms. The van der Waals surface area contributed by atoms with Crippen molar-refractivity contribution in [1.82, 2.24) is 4.90 Å². The molecule has 0 saturated carbocycles. The number of aryl methyl sites for hydroxylation is 1. The monoisotopic (exact) mass is 298 g/mol. The molecule has 0 saturated heterocycles. The third kappa shape index (κ3) is 3.85. The average molecular weight is 299 g/mol. The number of hydrogen-bond donors (Lipinski definition) is 1. The predicted molar refractivity (Wildman–Crippen MR) is 69.4 cm³/mol. The van der Waals surface area contributed by atoms with Gasteiger partial charge in [0.25, 0.3) is 0 Å². The molecule has 4 nitrogen and oxygen atoms in total. The second-order valence-corrected chi connectivity index (χ2v) is 4.83. The lowest BCUT2D eigenvalue weighted by atomic mass is 10.1. The van der Waals surface area contributed by atoms with Crippen LogP contribution >= 0.6 is 15.9 Å². The van der Waals surface area contributed by atoms with Crippen LogP contribution < -0.4 is 5.73 Å². The summed E-state index contributed by atoms with van der Waals surface area (Å²) in [5.74, 6) is -1.57. The maximum Gasteiger partial charge on any atom is 0.311 e. The maximum atomic E-state index is 11.3. The number of nitrogens with zero attached hydrogens (tertiary/aromatic N) is 1. The van der Waals surface area contributed by atoms with E-state index in [-0.39, 0.29) is 0 Å². The molecule has 0 aromatic heterocycles. The molecular weight excluding hydrogens is 284 g/mol. The van der Waals surface area contributed by atoms with Gasteiger partial charge in [-0.1, -0.05) is 22.0 Å². The Kier molecular flexibility index (Phi) is 4.69. The fourth-order valence-corrected chi connectivity index (χ4v) is 1.90. The van der Waals surface area contributed by atoms with Gasteiger partial charge in [0.15, 0.2) is 0 Å². The van der Waals surface area contributed by atoms with Crippen LogP contribution in [-0.4, -0.2) is 30.3 Å². The Hall–Kier alpha value is -1.36. The molecule has 0 aliphatic carbocycles. The number of primary amides is 1. The van der Waals surface area contributed by atoms with E-state index < -0.39 is 11.8 Å². The van der Waals surface area contributed by atoms with E-state index in [2.05, 4.69) is 15.9 Å². The SMILES string of the molecule is Cc1ccc(Br)cc1CCN(C)C(=O)C(N)=O. The summed E-state index contributed by atoms with van der Waals surface area (Å²) in [5.41, 5.74) is 7.22. The van der Waals surface area contributed by atoms with Gasteiger partial charge < -0.3 is 10.6 Å². The number of benzene rings is 1. The summed E-state index contributed by atoms with van der Waals surface area (Å²) >= 11 is 3.40. The van der Waals surface area contributed by atoms with Crippen molar-refractivity contribution >= 4 is 27.7 Å². The predicted octanol–water partition coefficient (Wildman–Crippen LogP) is 1.24. The van der Waals surface area contributed by atoms with Crippen molar-refractivity contribution in [3.05, 3.63) is 33.8 Å². The molecule has 0 unspecified atom stereocenters. The van der Waals surface area contributed by atoms with Crippen molar-refractivity contribution in [3.63, 3.8) is 0 Å². The van der Waals surface area contributed by atoms with E-state index in [0.29, 0.717) is 13.0 Å². The first kappa shape index (κ1) is 13.7. The number of hydrogen-bond acceptors (Lipinski definition) is 2. The highest BCUT2D eigenvalue weighted by atomic mass is 79.9. The quantitative estimate of drug-likeness (QED) is 0.854. The first-order valence-corrected chi connectivity index (χ1v) is 6.01. The van der Waals surface area contributed by atoms with Crippen LogP contribution in [0.15, 0.2) is 22.7 Å². The normalized spacial score (nSPS) is 10.1. The average Bonchev–Trinajstić information content (AvgIpc) is 2.28. The lowest BCUT2D eigenvalue weighted by Crippen LogP contribution is -2.38. The van der Waals surface area contributed by atoms with Gasteiger partial charge >= 0.3 is 11.8 Å². The second kappa shape index (κ2) is 5.82. The number of rotatable bonds is 3. The van der Waals surface area contributed by atoms with Crippen molar-refractivity contribution in [2.45, 2.75) is 13.3 Å². The molecule has 0 aliphatic heterocycles. The van der Waals surface area contributed by atoms with Crippen LogP contribution in [0.5, 0.6) is 0 Å². The summed E-state index contributed by atoms with van der Waals surface area (Å²) < 4.78 is 1.00. The fourth-order valence-electron chi connectivity index (χ4n) is 1.49. The van der Waals surface area contributed by atoms with E-state index in [1.54, 1.807) is 7.05 Å². The third-order valence-electron chi connectivity index (χ3n) is 2.59. The van der Waals surface area contributed by atoms with Crippen LogP contribution in [0.1, 0.15) is 11.1 Å². The van der Waals surface area contributed by atoms with Gasteiger partial charge in [-0.15, -0.1) is 0 Å². The van der Waals surface area contributed by atoms with Crippen molar-refractivity contribution in [3.8, 4) is 0 Å². The van der Waals surface area contributed by atoms with Gasteiger partial charge in [0, 0.05) is 18.1 Å². The second-order valence-electron chi connectivity index (χ2n) is 3.91. The lowest BCUT2D eigenvalue weighted by Gasteiger charge is -2.15. The number of carbonyl (C=O) groups is 2. The summed E-state index contributed by atoms with van der Waals surface area (Å²) in [6, 6.07) is 5.99. The molecule has 92 valence electrons. The molecule has 1 rings (SSSR count). The van der Waals surface area contributed by atoms with E-state index in [1.807, 2.05) is 25.1 Å². The van der Waals surface area contributed by atoms with E-state index in [0.717, 1.165) is 15.6 Å². The Balaban J connectivity index is 2.64. The number of halogens is 1. The van der Waals surface area contributed by atoms with Gasteiger partial charge in [0.2, 0.25) is 0 Å². The molecule has 0 spiro atoms. The first-order chi connectivity index (χ1) is 7.91. The zero-order valence-corrected chi connectivity index (χ0v) is 11.5. The molecule has 0 fully saturated rings. The third-order valence-corrected chi connectivity index (χ3v) is 3.08. The summed E-state index contributed by atoms with van der Waals surface area (Å²) in [7, 11) is 1.57. The Morgan fingerprint density at radius 2 is 2.06 bits per heavy atom. The van der Waals surface area contributed by atoms with E-state index in [1.165, 1.54) is 4.90 Å². The van der Waals surface area contributed by atoms with Gasteiger partial charge in [-0.05, 0) is 36.6 Å². The Morgan fingerprint density at radius 1 is 1.41 bits per heavy atom. The number of amides is 2.